The van der Waals surface area contributed by atoms with E-state index in [1.165, 1.54) is 0 Å². The van der Waals surface area contributed by atoms with Gasteiger partial charge in [-0.2, -0.15) is 0 Å². The first-order valence-corrected chi connectivity index (χ1v) is 3.59. The SMILES string of the molecule is CCN(C)C(Cl)CCl.Cl. The first-order chi connectivity index (χ1) is 3.72. The van der Waals surface area contributed by atoms with Crippen LogP contribution in [-0.2, 0) is 0 Å². The van der Waals surface area contributed by atoms with Gasteiger partial charge >= 0.3 is 0 Å². The Morgan fingerprint density at radius 2 is 2.00 bits per heavy atom. The van der Waals surface area contributed by atoms with E-state index < -0.39 is 0 Å². The Morgan fingerprint density at radius 3 is 2.11 bits per heavy atom. The normalized spacial score (nSPS) is 13.0. The van der Waals surface area contributed by atoms with Gasteiger partial charge in [0.2, 0.25) is 0 Å². The number of hydrogen-bond donors (Lipinski definition) is 0. The monoisotopic (exact) mass is 191 g/mol. The molecule has 0 spiro atoms. The Kier molecular flexibility index (Phi) is 9.64. The molecule has 0 saturated heterocycles. The molecule has 4 heteroatoms. The molecule has 0 rings (SSSR count). The summed E-state index contributed by atoms with van der Waals surface area (Å²) < 4.78 is 0. The highest BCUT2D eigenvalue weighted by molar-refractivity contribution is 6.27. The van der Waals surface area contributed by atoms with Crippen molar-refractivity contribution in [3.8, 4) is 0 Å². The minimum absolute atomic E-state index is 0. The van der Waals surface area contributed by atoms with Crippen LogP contribution in [0.3, 0.4) is 0 Å². The molecule has 0 aromatic heterocycles. The summed E-state index contributed by atoms with van der Waals surface area (Å²) in [5.41, 5.74) is -0.0123. The maximum Gasteiger partial charge on any atom is 0.0984 e. The summed E-state index contributed by atoms with van der Waals surface area (Å²) in [6.07, 6.45) is 0. The Balaban J connectivity index is 0. The lowest BCUT2D eigenvalue weighted by atomic mass is 10.6. The molecule has 0 aromatic rings. The van der Waals surface area contributed by atoms with Gasteiger partial charge in [0.25, 0.3) is 0 Å². The van der Waals surface area contributed by atoms with Crippen LogP contribution in [0.2, 0.25) is 0 Å². The van der Waals surface area contributed by atoms with E-state index in [1.54, 1.807) is 0 Å². The number of nitrogens with zero attached hydrogens (tertiary/aromatic N) is 1. The fraction of sp³-hybridized carbons (Fsp3) is 1.00. The lowest BCUT2D eigenvalue weighted by Gasteiger charge is -2.17. The van der Waals surface area contributed by atoms with Gasteiger partial charge in [-0.05, 0) is 13.6 Å². The van der Waals surface area contributed by atoms with E-state index in [4.69, 9.17) is 23.2 Å². The zero-order valence-corrected chi connectivity index (χ0v) is 7.93. The van der Waals surface area contributed by atoms with Crippen molar-refractivity contribution in [2.24, 2.45) is 0 Å². The second-order valence-corrected chi connectivity index (χ2v) is 2.47. The van der Waals surface area contributed by atoms with E-state index in [-0.39, 0.29) is 17.9 Å². The molecular formula is C5H12Cl3N. The molecule has 0 bridgehead atoms. The fourth-order valence-corrected chi connectivity index (χ4v) is 0.690. The second kappa shape index (κ2) is 6.94. The average Bonchev–Trinajstić information content (AvgIpc) is 1.84. The lowest BCUT2D eigenvalue weighted by molar-refractivity contribution is 0.343. The van der Waals surface area contributed by atoms with Crippen LogP contribution in [0.25, 0.3) is 0 Å². The zero-order valence-electron chi connectivity index (χ0n) is 5.60. The van der Waals surface area contributed by atoms with Gasteiger partial charge < -0.3 is 0 Å². The topological polar surface area (TPSA) is 3.24 Å². The first-order valence-electron chi connectivity index (χ1n) is 2.62. The minimum Gasteiger partial charge on any atom is -0.290 e. The van der Waals surface area contributed by atoms with Gasteiger partial charge in [-0.25, -0.2) is 0 Å². The summed E-state index contributed by atoms with van der Waals surface area (Å²) in [5, 5.41) is 0. The number of halogens is 3. The van der Waals surface area contributed by atoms with Crippen molar-refractivity contribution in [2.45, 2.75) is 12.4 Å². The smallest absolute Gasteiger partial charge is 0.0984 e. The molecule has 0 aliphatic heterocycles. The van der Waals surface area contributed by atoms with Crippen molar-refractivity contribution in [3.05, 3.63) is 0 Å². The van der Waals surface area contributed by atoms with Crippen LogP contribution in [0.1, 0.15) is 6.92 Å². The van der Waals surface area contributed by atoms with Gasteiger partial charge in [0.05, 0.1) is 11.4 Å². The van der Waals surface area contributed by atoms with Gasteiger partial charge in [-0.1, -0.05) is 6.92 Å². The molecule has 58 valence electrons. The molecule has 0 N–H and O–H groups in total. The first kappa shape index (κ1) is 12.5. The van der Waals surface area contributed by atoms with E-state index in [9.17, 15) is 0 Å². The van der Waals surface area contributed by atoms with Crippen molar-refractivity contribution >= 4 is 35.6 Å². The van der Waals surface area contributed by atoms with E-state index in [0.29, 0.717) is 5.88 Å². The van der Waals surface area contributed by atoms with Crippen LogP contribution in [0.15, 0.2) is 0 Å². The van der Waals surface area contributed by atoms with Crippen molar-refractivity contribution < 1.29 is 0 Å². The molecular weight excluding hydrogens is 180 g/mol. The van der Waals surface area contributed by atoms with E-state index in [2.05, 4.69) is 0 Å². The highest BCUT2D eigenvalue weighted by Crippen LogP contribution is 2.02. The largest absolute Gasteiger partial charge is 0.290 e. The van der Waals surface area contributed by atoms with Crippen LogP contribution >= 0.6 is 35.6 Å². The fourth-order valence-electron chi connectivity index (χ4n) is 0.316. The van der Waals surface area contributed by atoms with Crippen molar-refractivity contribution in [2.75, 3.05) is 19.5 Å². The summed E-state index contributed by atoms with van der Waals surface area (Å²) in [4.78, 5) is 1.98. The van der Waals surface area contributed by atoms with E-state index >= 15 is 0 Å². The number of rotatable bonds is 3. The molecule has 0 amide bonds. The lowest BCUT2D eigenvalue weighted by Crippen LogP contribution is -2.27. The van der Waals surface area contributed by atoms with Gasteiger partial charge in [0, 0.05) is 0 Å². The Hall–Kier alpha value is 0.830. The molecule has 0 heterocycles. The number of alkyl halides is 2. The molecule has 0 radical (unpaired) electrons. The highest BCUT2D eigenvalue weighted by Gasteiger charge is 2.05. The third-order valence-corrected chi connectivity index (χ3v) is 2.04. The van der Waals surface area contributed by atoms with Crippen molar-refractivity contribution in [1.29, 1.82) is 0 Å². The Morgan fingerprint density at radius 1 is 1.56 bits per heavy atom. The molecule has 0 saturated carbocycles. The van der Waals surface area contributed by atoms with E-state index in [0.717, 1.165) is 6.54 Å². The van der Waals surface area contributed by atoms with Gasteiger partial charge in [0.15, 0.2) is 0 Å². The molecule has 0 fully saturated rings. The predicted octanol–water partition coefficient (Wildman–Crippen LogP) is 2.16. The summed E-state index contributed by atoms with van der Waals surface area (Å²) in [6, 6.07) is 0. The van der Waals surface area contributed by atoms with Gasteiger partial charge in [0.1, 0.15) is 0 Å². The second-order valence-electron chi connectivity index (χ2n) is 1.66. The van der Waals surface area contributed by atoms with Crippen LogP contribution < -0.4 is 0 Å². The van der Waals surface area contributed by atoms with Gasteiger partial charge in [-0.3, -0.25) is 4.90 Å². The Bertz CT molecular complexity index is 52.2. The highest BCUT2D eigenvalue weighted by atomic mass is 35.5. The molecule has 1 unspecified atom stereocenters. The van der Waals surface area contributed by atoms with E-state index in [1.807, 2.05) is 18.9 Å². The Labute approximate surface area is 72.7 Å². The summed E-state index contributed by atoms with van der Waals surface area (Å²) in [5.74, 6) is 0.492. The van der Waals surface area contributed by atoms with Crippen LogP contribution in [0.4, 0.5) is 0 Å². The quantitative estimate of drug-likeness (QED) is 0.489. The minimum atomic E-state index is -0.0123. The average molecular weight is 193 g/mol. The standard InChI is InChI=1S/C5H11Cl2N.ClH/c1-3-8(2)5(7)4-6;/h5H,3-4H2,1-2H3;1H. The molecule has 0 aliphatic carbocycles. The predicted molar refractivity (Wildman–Crippen MR) is 45.9 cm³/mol. The maximum atomic E-state index is 5.71. The van der Waals surface area contributed by atoms with Crippen molar-refractivity contribution in [3.63, 3.8) is 0 Å². The third kappa shape index (κ3) is 5.28. The van der Waals surface area contributed by atoms with Gasteiger partial charge in [-0.15, -0.1) is 35.6 Å². The van der Waals surface area contributed by atoms with Crippen LogP contribution in [0, 0.1) is 0 Å². The molecule has 0 aromatic carbocycles. The van der Waals surface area contributed by atoms with Crippen molar-refractivity contribution in [1.82, 2.24) is 4.90 Å². The molecule has 0 aliphatic rings. The van der Waals surface area contributed by atoms with Crippen LogP contribution in [-0.4, -0.2) is 29.9 Å². The summed E-state index contributed by atoms with van der Waals surface area (Å²) in [6.45, 7) is 2.99. The molecule has 1 atom stereocenters. The summed E-state index contributed by atoms with van der Waals surface area (Å²) in [7, 11) is 1.94. The zero-order chi connectivity index (χ0) is 6.57. The molecule has 1 nitrogen and oxygen atoms in total. The maximum absolute atomic E-state index is 5.71. The number of hydrogen-bond acceptors (Lipinski definition) is 1. The third-order valence-electron chi connectivity index (χ3n) is 1.10. The van der Waals surface area contributed by atoms with Crippen LogP contribution in [0.5, 0.6) is 0 Å². The summed E-state index contributed by atoms with van der Waals surface area (Å²) >= 11 is 11.2. The molecule has 9 heavy (non-hydrogen) atoms.